The predicted octanol–water partition coefficient (Wildman–Crippen LogP) is 2.22. The van der Waals surface area contributed by atoms with E-state index in [4.69, 9.17) is 5.73 Å². The summed E-state index contributed by atoms with van der Waals surface area (Å²) < 4.78 is 0. The van der Waals surface area contributed by atoms with Gasteiger partial charge in [-0.3, -0.25) is 0 Å². The summed E-state index contributed by atoms with van der Waals surface area (Å²) in [6.07, 6.45) is 3.64. The first-order valence-electron chi connectivity index (χ1n) is 6.96. The zero-order chi connectivity index (χ0) is 13.4. The maximum Gasteiger partial charge on any atom is 0.130 e. The van der Waals surface area contributed by atoms with Gasteiger partial charge in [-0.2, -0.15) is 5.26 Å². The van der Waals surface area contributed by atoms with E-state index in [1.54, 1.807) is 11.3 Å². The lowest BCUT2D eigenvalue weighted by Gasteiger charge is -2.22. The summed E-state index contributed by atoms with van der Waals surface area (Å²) in [5, 5.41) is 10.5. The third kappa shape index (κ3) is 2.43. The summed E-state index contributed by atoms with van der Waals surface area (Å²) in [6.45, 7) is 4.36. The zero-order valence-corrected chi connectivity index (χ0v) is 12.2. The highest BCUT2D eigenvalue weighted by molar-refractivity contribution is 7.17. The van der Waals surface area contributed by atoms with Gasteiger partial charge < -0.3 is 15.5 Å². The standard InChI is InChI=1S/C14H20N4S/c1-17-5-2-6-18(8-7-17)14-12(10-3-4-10)13(16)11(9-15)19-14/h10H,2-8,16H2,1H3. The molecule has 1 aromatic rings. The second kappa shape index (κ2) is 5.03. The van der Waals surface area contributed by atoms with E-state index in [1.165, 1.54) is 29.8 Å². The van der Waals surface area contributed by atoms with Gasteiger partial charge in [0.2, 0.25) is 0 Å². The van der Waals surface area contributed by atoms with Gasteiger partial charge >= 0.3 is 0 Å². The number of hydrogen-bond acceptors (Lipinski definition) is 5. The van der Waals surface area contributed by atoms with E-state index in [9.17, 15) is 5.26 Å². The van der Waals surface area contributed by atoms with Crippen molar-refractivity contribution >= 4 is 22.0 Å². The highest BCUT2D eigenvalue weighted by Gasteiger charge is 2.33. The smallest absolute Gasteiger partial charge is 0.130 e. The Morgan fingerprint density at radius 2 is 2.05 bits per heavy atom. The van der Waals surface area contributed by atoms with Gasteiger partial charge in [0.15, 0.2) is 0 Å². The van der Waals surface area contributed by atoms with Gasteiger partial charge in [-0.05, 0) is 38.8 Å². The lowest BCUT2D eigenvalue weighted by molar-refractivity contribution is 0.360. The molecule has 2 fully saturated rings. The number of nitrogens with zero attached hydrogens (tertiary/aromatic N) is 3. The molecule has 102 valence electrons. The fraction of sp³-hybridized carbons (Fsp3) is 0.643. The molecule has 4 nitrogen and oxygen atoms in total. The molecule has 2 heterocycles. The largest absolute Gasteiger partial charge is 0.397 e. The average molecular weight is 276 g/mol. The van der Waals surface area contributed by atoms with Gasteiger partial charge in [0.1, 0.15) is 10.9 Å². The Morgan fingerprint density at radius 3 is 2.74 bits per heavy atom. The molecular weight excluding hydrogens is 256 g/mol. The normalized spacial score (nSPS) is 21.2. The number of anilines is 2. The molecule has 2 aliphatic rings. The Kier molecular flexibility index (Phi) is 3.38. The predicted molar refractivity (Wildman–Crippen MR) is 79.7 cm³/mol. The van der Waals surface area contributed by atoms with Crippen molar-refractivity contribution in [1.82, 2.24) is 4.90 Å². The van der Waals surface area contributed by atoms with Gasteiger partial charge in [-0.15, -0.1) is 11.3 Å². The maximum atomic E-state index is 9.21. The molecule has 0 unspecified atom stereocenters. The number of nitrogens with two attached hydrogens (primary N) is 1. The number of rotatable bonds is 2. The minimum atomic E-state index is 0.606. The van der Waals surface area contributed by atoms with Crippen LogP contribution in [0.3, 0.4) is 0 Å². The van der Waals surface area contributed by atoms with Crippen LogP contribution in [0.2, 0.25) is 0 Å². The summed E-state index contributed by atoms with van der Waals surface area (Å²) in [7, 11) is 2.18. The van der Waals surface area contributed by atoms with Gasteiger partial charge in [-0.1, -0.05) is 0 Å². The molecule has 1 aliphatic heterocycles. The van der Waals surface area contributed by atoms with Crippen LogP contribution in [0.1, 0.15) is 35.6 Å². The van der Waals surface area contributed by atoms with Crippen molar-refractivity contribution in [3.8, 4) is 6.07 Å². The summed E-state index contributed by atoms with van der Waals surface area (Å²) in [4.78, 5) is 5.52. The summed E-state index contributed by atoms with van der Waals surface area (Å²) in [5.41, 5.74) is 8.20. The minimum absolute atomic E-state index is 0.606. The Labute approximate surface area is 118 Å². The first-order valence-corrected chi connectivity index (χ1v) is 7.78. The van der Waals surface area contributed by atoms with Crippen molar-refractivity contribution in [2.45, 2.75) is 25.2 Å². The number of hydrogen-bond donors (Lipinski definition) is 1. The lowest BCUT2D eigenvalue weighted by Crippen LogP contribution is -2.28. The fourth-order valence-corrected chi connectivity index (χ4v) is 3.94. The third-order valence-electron chi connectivity index (χ3n) is 4.06. The van der Waals surface area contributed by atoms with E-state index in [1.807, 2.05) is 0 Å². The monoisotopic (exact) mass is 276 g/mol. The molecule has 1 saturated carbocycles. The van der Waals surface area contributed by atoms with Crippen LogP contribution >= 0.6 is 11.3 Å². The molecule has 19 heavy (non-hydrogen) atoms. The molecule has 5 heteroatoms. The van der Waals surface area contributed by atoms with E-state index >= 15 is 0 Å². The molecule has 1 aromatic heterocycles. The number of thiophene rings is 1. The molecule has 0 bridgehead atoms. The molecule has 1 saturated heterocycles. The van der Waals surface area contributed by atoms with Crippen molar-refractivity contribution in [3.63, 3.8) is 0 Å². The van der Waals surface area contributed by atoms with Crippen LogP contribution in [0.15, 0.2) is 0 Å². The van der Waals surface area contributed by atoms with Crippen LogP contribution in [0.4, 0.5) is 10.7 Å². The summed E-state index contributed by atoms with van der Waals surface area (Å²) in [6, 6.07) is 2.26. The lowest BCUT2D eigenvalue weighted by atomic mass is 10.1. The first-order chi connectivity index (χ1) is 9.20. The number of nitriles is 1. The van der Waals surface area contributed by atoms with E-state index in [2.05, 4.69) is 22.9 Å². The highest BCUT2D eigenvalue weighted by Crippen LogP contribution is 2.51. The minimum Gasteiger partial charge on any atom is -0.397 e. The van der Waals surface area contributed by atoms with Gasteiger partial charge in [-0.25, -0.2) is 0 Å². The van der Waals surface area contributed by atoms with E-state index < -0.39 is 0 Å². The highest BCUT2D eigenvalue weighted by atomic mass is 32.1. The van der Waals surface area contributed by atoms with Gasteiger partial charge in [0, 0.05) is 25.2 Å². The molecule has 0 aromatic carbocycles. The first kappa shape index (κ1) is 12.8. The Hall–Kier alpha value is -1.25. The molecule has 0 atom stereocenters. The van der Waals surface area contributed by atoms with E-state index in [0.717, 1.165) is 31.9 Å². The van der Waals surface area contributed by atoms with Crippen molar-refractivity contribution in [2.75, 3.05) is 43.9 Å². The second-order valence-electron chi connectivity index (χ2n) is 5.59. The molecule has 0 radical (unpaired) electrons. The maximum absolute atomic E-state index is 9.21. The Bertz CT molecular complexity index is 512. The van der Waals surface area contributed by atoms with Crippen molar-refractivity contribution < 1.29 is 0 Å². The van der Waals surface area contributed by atoms with Crippen LogP contribution in [0, 0.1) is 11.3 Å². The molecule has 0 spiro atoms. The topological polar surface area (TPSA) is 56.3 Å². The van der Waals surface area contributed by atoms with Crippen LogP contribution < -0.4 is 10.6 Å². The number of likely N-dealkylation sites (N-methyl/N-ethyl adjacent to an activating group) is 1. The molecular formula is C14H20N4S. The van der Waals surface area contributed by atoms with E-state index in [0.29, 0.717) is 10.8 Å². The Morgan fingerprint density at radius 1 is 1.26 bits per heavy atom. The van der Waals surface area contributed by atoms with Crippen LogP contribution in [0.25, 0.3) is 0 Å². The fourth-order valence-electron chi connectivity index (χ4n) is 2.78. The molecule has 1 aliphatic carbocycles. The van der Waals surface area contributed by atoms with Crippen molar-refractivity contribution in [1.29, 1.82) is 5.26 Å². The second-order valence-corrected chi connectivity index (χ2v) is 6.59. The van der Waals surface area contributed by atoms with Crippen molar-refractivity contribution in [3.05, 3.63) is 10.4 Å². The summed E-state index contributed by atoms with van der Waals surface area (Å²) in [5.74, 6) is 0.606. The van der Waals surface area contributed by atoms with Gasteiger partial charge in [0.05, 0.1) is 10.7 Å². The van der Waals surface area contributed by atoms with Crippen molar-refractivity contribution in [2.24, 2.45) is 0 Å². The number of nitrogen functional groups attached to an aromatic ring is 1. The Balaban J connectivity index is 1.93. The molecule has 3 rings (SSSR count). The van der Waals surface area contributed by atoms with Crippen LogP contribution in [0.5, 0.6) is 0 Å². The summed E-state index contributed by atoms with van der Waals surface area (Å²) >= 11 is 1.59. The molecule has 2 N–H and O–H groups in total. The quantitative estimate of drug-likeness (QED) is 0.900. The zero-order valence-electron chi connectivity index (χ0n) is 11.4. The third-order valence-corrected chi connectivity index (χ3v) is 5.24. The average Bonchev–Trinajstić information content (AvgIpc) is 3.19. The molecule has 0 amide bonds. The van der Waals surface area contributed by atoms with Crippen LogP contribution in [-0.4, -0.2) is 38.1 Å². The van der Waals surface area contributed by atoms with E-state index in [-0.39, 0.29) is 0 Å². The van der Waals surface area contributed by atoms with Crippen LogP contribution in [-0.2, 0) is 0 Å². The van der Waals surface area contributed by atoms with Gasteiger partial charge in [0.25, 0.3) is 0 Å². The SMILES string of the molecule is CN1CCCN(c2sc(C#N)c(N)c2C2CC2)CC1.